The van der Waals surface area contributed by atoms with Crippen molar-refractivity contribution in [2.75, 3.05) is 18.2 Å². The van der Waals surface area contributed by atoms with Crippen molar-refractivity contribution in [3.05, 3.63) is 47.5 Å². The number of carboxylic acid groups (broad SMARTS) is 1. The lowest BCUT2D eigenvalue weighted by Crippen LogP contribution is -2.06. The molecule has 0 atom stereocenters. The van der Waals surface area contributed by atoms with Crippen LogP contribution in [0.1, 0.15) is 15.9 Å². The highest BCUT2D eigenvalue weighted by Crippen LogP contribution is 2.33. The third-order valence-corrected chi connectivity index (χ3v) is 2.94. The van der Waals surface area contributed by atoms with Gasteiger partial charge in [0.25, 0.3) is 0 Å². The van der Waals surface area contributed by atoms with Gasteiger partial charge in [0, 0.05) is 0 Å². The maximum absolute atomic E-state index is 11.3. The number of aryl methyl sites for hydroxylation is 1. The van der Waals surface area contributed by atoms with Crippen LogP contribution in [0.5, 0.6) is 5.75 Å². The number of methoxy groups -OCH3 is 1. The number of ether oxygens (including phenoxy) is 1. The summed E-state index contributed by atoms with van der Waals surface area (Å²) < 4.78 is 5.26. The van der Waals surface area contributed by atoms with Crippen LogP contribution in [-0.2, 0) is 0 Å². The van der Waals surface area contributed by atoms with E-state index in [0.29, 0.717) is 22.8 Å². The summed E-state index contributed by atoms with van der Waals surface area (Å²) in [6, 6.07) is 10.4. The van der Waals surface area contributed by atoms with Crippen molar-refractivity contribution in [2.24, 2.45) is 0 Å². The quantitative estimate of drug-likeness (QED) is 0.745. The fourth-order valence-corrected chi connectivity index (χ4v) is 1.94. The molecule has 2 aromatic rings. The molecule has 5 heteroatoms. The van der Waals surface area contributed by atoms with E-state index in [2.05, 4.69) is 5.32 Å². The van der Waals surface area contributed by atoms with Gasteiger partial charge in [-0.1, -0.05) is 12.1 Å². The summed E-state index contributed by atoms with van der Waals surface area (Å²) in [6.07, 6.45) is 0. The molecule has 0 aliphatic rings. The number of aromatic carboxylic acids is 1. The Bertz CT molecular complexity index is 654. The third kappa shape index (κ3) is 2.66. The van der Waals surface area contributed by atoms with E-state index >= 15 is 0 Å². The molecule has 0 amide bonds. The van der Waals surface area contributed by atoms with E-state index in [0.717, 1.165) is 5.56 Å². The maximum atomic E-state index is 11.3. The Kier molecular flexibility index (Phi) is 3.79. The van der Waals surface area contributed by atoms with Crippen molar-refractivity contribution < 1.29 is 14.6 Å². The van der Waals surface area contributed by atoms with Gasteiger partial charge in [0.05, 0.1) is 29.7 Å². The zero-order chi connectivity index (χ0) is 14.7. The average molecular weight is 272 g/mol. The lowest BCUT2D eigenvalue weighted by atomic mass is 10.1. The number of carboxylic acids is 1. The smallest absolute Gasteiger partial charge is 0.337 e. The van der Waals surface area contributed by atoms with Gasteiger partial charge in [0.15, 0.2) is 0 Å². The van der Waals surface area contributed by atoms with Crippen LogP contribution in [0.2, 0.25) is 0 Å². The largest absolute Gasteiger partial charge is 0.495 e. The van der Waals surface area contributed by atoms with Crippen molar-refractivity contribution >= 4 is 23.0 Å². The van der Waals surface area contributed by atoms with Crippen LogP contribution in [0, 0.1) is 6.92 Å². The van der Waals surface area contributed by atoms with Gasteiger partial charge in [-0.3, -0.25) is 0 Å². The third-order valence-electron chi connectivity index (χ3n) is 2.94. The van der Waals surface area contributed by atoms with E-state index in [1.165, 1.54) is 6.07 Å². The Labute approximate surface area is 117 Å². The van der Waals surface area contributed by atoms with Gasteiger partial charge < -0.3 is 20.9 Å². The van der Waals surface area contributed by atoms with Gasteiger partial charge in [-0.05, 0) is 36.8 Å². The number of hydrogen-bond donors (Lipinski definition) is 3. The fourth-order valence-electron chi connectivity index (χ4n) is 1.94. The number of rotatable bonds is 4. The summed E-state index contributed by atoms with van der Waals surface area (Å²) in [6.45, 7) is 1.94. The lowest BCUT2D eigenvalue weighted by molar-refractivity contribution is 0.0698. The first-order valence-electron chi connectivity index (χ1n) is 6.06. The minimum Gasteiger partial charge on any atom is -0.495 e. The van der Waals surface area contributed by atoms with E-state index in [-0.39, 0.29) is 5.56 Å². The lowest BCUT2D eigenvalue weighted by Gasteiger charge is -2.15. The Morgan fingerprint density at radius 3 is 2.70 bits per heavy atom. The first kappa shape index (κ1) is 13.7. The molecule has 0 aliphatic heterocycles. The molecule has 0 saturated heterocycles. The summed E-state index contributed by atoms with van der Waals surface area (Å²) >= 11 is 0. The number of benzene rings is 2. The van der Waals surface area contributed by atoms with Gasteiger partial charge >= 0.3 is 5.97 Å². The molecule has 0 spiro atoms. The van der Waals surface area contributed by atoms with Gasteiger partial charge in [-0.2, -0.15) is 0 Å². The SMILES string of the molecule is COc1ccc(C)cc1Nc1c(N)cccc1C(=O)O. The molecule has 0 heterocycles. The molecular formula is C15H16N2O3. The van der Waals surface area contributed by atoms with Gasteiger partial charge in [0.1, 0.15) is 5.75 Å². The Hall–Kier alpha value is -2.69. The molecule has 0 fully saturated rings. The second-order valence-electron chi connectivity index (χ2n) is 4.40. The molecule has 104 valence electrons. The Balaban J connectivity index is 2.50. The number of para-hydroxylation sites is 1. The summed E-state index contributed by atoms with van der Waals surface area (Å²) in [5.41, 5.74) is 8.42. The summed E-state index contributed by atoms with van der Waals surface area (Å²) in [7, 11) is 1.56. The zero-order valence-corrected chi connectivity index (χ0v) is 11.3. The Morgan fingerprint density at radius 2 is 2.05 bits per heavy atom. The van der Waals surface area contributed by atoms with Crippen LogP contribution in [0.25, 0.3) is 0 Å². The van der Waals surface area contributed by atoms with Crippen LogP contribution >= 0.6 is 0 Å². The second kappa shape index (κ2) is 5.52. The summed E-state index contributed by atoms with van der Waals surface area (Å²) in [5.74, 6) is -0.415. The first-order chi connectivity index (χ1) is 9.52. The molecule has 2 rings (SSSR count). The van der Waals surface area contributed by atoms with E-state index in [1.807, 2.05) is 25.1 Å². The van der Waals surface area contributed by atoms with Crippen LogP contribution in [0.15, 0.2) is 36.4 Å². The number of nitrogens with one attached hydrogen (secondary N) is 1. The van der Waals surface area contributed by atoms with E-state index in [1.54, 1.807) is 19.2 Å². The molecule has 20 heavy (non-hydrogen) atoms. The number of anilines is 3. The Morgan fingerprint density at radius 1 is 1.30 bits per heavy atom. The van der Waals surface area contributed by atoms with Crippen LogP contribution in [0.3, 0.4) is 0 Å². The monoisotopic (exact) mass is 272 g/mol. The normalized spacial score (nSPS) is 10.1. The molecule has 0 radical (unpaired) electrons. The highest BCUT2D eigenvalue weighted by Gasteiger charge is 2.14. The molecule has 4 N–H and O–H groups in total. The number of nitrogen functional groups attached to an aromatic ring is 1. The van der Waals surface area contributed by atoms with Gasteiger partial charge in [-0.15, -0.1) is 0 Å². The molecular weight excluding hydrogens is 256 g/mol. The molecule has 2 aromatic carbocycles. The fraction of sp³-hybridized carbons (Fsp3) is 0.133. The van der Waals surface area contributed by atoms with E-state index < -0.39 is 5.97 Å². The van der Waals surface area contributed by atoms with Crippen molar-refractivity contribution in [1.82, 2.24) is 0 Å². The topological polar surface area (TPSA) is 84.6 Å². The molecule has 0 aliphatic carbocycles. The minimum absolute atomic E-state index is 0.119. The standard InChI is InChI=1S/C15H16N2O3/c1-9-6-7-13(20-2)12(8-9)17-14-10(15(18)19)4-3-5-11(14)16/h3-8,17H,16H2,1-2H3,(H,18,19). The van der Waals surface area contributed by atoms with Crippen molar-refractivity contribution in [3.63, 3.8) is 0 Å². The van der Waals surface area contributed by atoms with E-state index in [9.17, 15) is 9.90 Å². The van der Waals surface area contributed by atoms with Crippen LogP contribution in [0.4, 0.5) is 17.1 Å². The highest BCUT2D eigenvalue weighted by molar-refractivity contribution is 5.99. The zero-order valence-electron chi connectivity index (χ0n) is 11.3. The van der Waals surface area contributed by atoms with Gasteiger partial charge in [-0.25, -0.2) is 4.79 Å². The highest BCUT2D eigenvalue weighted by atomic mass is 16.5. The molecule has 0 aromatic heterocycles. The van der Waals surface area contributed by atoms with Crippen LogP contribution in [-0.4, -0.2) is 18.2 Å². The molecule has 0 bridgehead atoms. The maximum Gasteiger partial charge on any atom is 0.337 e. The first-order valence-corrected chi connectivity index (χ1v) is 6.06. The average Bonchev–Trinajstić information content (AvgIpc) is 2.41. The van der Waals surface area contributed by atoms with Gasteiger partial charge in [0.2, 0.25) is 0 Å². The van der Waals surface area contributed by atoms with Crippen molar-refractivity contribution in [3.8, 4) is 5.75 Å². The second-order valence-corrected chi connectivity index (χ2v) is 4.40. The molecule has 5 nitrogen and oxygen atoms in total. The molecule has 0 saturated carbocycles. The number of hydrogen-bond acceptors (Lipinski definition) is 4. The van der Waals surface area contributed by atoms with E-state index in [4.69, 9.17) is 10.5 Å². The number of carbonyl (C=O) groups is 1. The minimum atomic E-state index is -1.04. The number of nitrogens with two attached hydrogens (primary N) is 1. The predicted molar refractivity (Wildman–Crippen MR) is 78.8 cm³/mol. The predicted octanol–water partition coefficient (Wildman–Crippen LogP) is 3.03. The van der Waals surface area contributed by atoms with Crippen LogP contribution < -0.4 is 15.8 Å². The summed E-state index contributed by atoms with van der Waals surface area (Å²) in [4.78, 5) is 11.3. The molecule has 0 unspecified atom stereocenters. The van der Waals surface area contributed by atoms with Crippen molar-refractivity contribution in [2.45, 2.75) is 6.92 Å². The summed E-state index contributed by atoms with van der Waals surface area (Å²) in [5, 5.41) is 12.3. The van der Waals surface area contributed by atoms with Crippen molar-refractivity contribution in [1.29, 1.82) is 0 Å².